The lowest BCUT2D eigenvalue weighted by Gasteiger charge is -2.20. The Kier molecular flexibility index (Phi) is 6.05. The Morgan fingerprint density at radius 3 is 2.50 bits per heavy atom. The average Bonchev–Trinajstić information content (AvgIpc) is 2.83. The maximum absolute atomic E-state index is 5.80. The van der Waals surface area contributed by atoms with Crippen LogP contribution in [0.25, 0.3) is 0 Å². The van der Waals surface area contributed by atoms with E-state index in [9.17, 15) is 0 Å². The number of ether oxygens (including phenoxy) is 1. The van der Waals surface area contributed by atoms with Crippen molar-refractivity contribution in [1.82, 2.24) is 14.9 Å². The van der Waals surface area contributed by atoms with Crippen LogP contribution in [0.4, 0.5) is 0 Å². The second kappa shape index (κ2) is 7.31. The van der Waals surface area contributed by atoms with Crippen LogP contribution in [0.3, 0.4) is 0 Å². The summed E-state index contributed by atoms with van der Waals surface area (Å²) in [6.07, 6.45) is 4.78. The first-order valence-electron chi connectivity index (χ1n) is 6.84. The summed E-state index contributed by atoms with van der Waals surface area (Å²) in [5, 5.41) is 0. The normalized spacial score (nSPS) is 19.6. The molecule has 0 N–H and O–H groups in total. The highest BCUT2D eigenvalue weighted by atomic mass is 16.5. The van der Waals surface area contributed by atoms with Crippen LogP contribution in [0.1, 0.15) is 39.8 Å². The molecular formula is C14H25N3O. The Labute approximate surface area is 110 Å². The number of aromatic nitrogens is 2. The van der Waals surface area contributed by atoms with Crippen molar-refractivity contribution < 1.29 is 4.74 Å². The summed E-state index contributed by atoms with van der Waals surface area (Å²) in [6, 6.07) is 0.595. The molecule has 1 fully saturated rings. The van der Waals surface area contributed by atoms with Crippen molar-refractivity contribution in [2.75, 3.05) is 13.1 Å². The van der Waals surface area contributed by atoms with E-state index in [1.54, 1.807) is 12.4 Å². The van der Waals surface area contributed by atoms with Crippen LogP contribution in [0, 0.1) is 6.92 Å². The fourth-order valence-corrected chi connectivity index (χ4v) is 1.93. The molecule has 1 saturated heterocycles. The molecule has 1 aromatic heterocycles. The molecule has 0 amide bonds. The van der Waals surface area contributed by atoms with Gasteiger partial charge >= 0.3 is 0 Å². The van der Waals surface area contributed by atoms with E-state index in [4.69, 9.17) is 4.74 Å². The Hall–Kier alpha value is -1.16. The predicted octanol–water partition coefficient (Wildman–Crippen LogP) is 2.67. The lowest BCUT2D eigenvalue weighted by Crippen LogP contribution is -2.30. The highest BCUT2D eigenvalue weighted by Gasteiger charge is 2.25. The first kappa shape index (κ1) is 14.9. The van der Waals surface area contributed by atoms with E-state index in [0.717, 1.165) is 25.2 Å². The van der Waals surface area contributed by atoms with Crippen LogP contribution < -0.4 is 4.74 Å². The van der Waals surface area contributed by atoms with E-state index in [1.165, 1.54) is 0 Å². The zero-order valence-electron chi connectivity index (χ0n) is 12.2. The second-order valence-electron chi connectivity index (χ2n) is 4.61. The number of likely N-dealkylation sites (tertiary alicyclic amines) is 1. The van der Waals surface area contributed by atoms with E-state index >= 15 is 0 Å². The maximum Gasteiger partial charge on any atom is 0.232 e. The van der Waals surface area contributed by atoms with Crippen LogP contribution in [0.2, 0.25) is 0 Å². The molecule has 0 saturated carbocycles. The summed E-state index contributed by atoms with van der Waals surface area (Å²) in [6.45, 7) is 12.5. The molecule has 1 aliphatic heterocycles. The van der Waals surface area contributed by atoms with Crippen LogP contribution in [0.15, 0.2) is 12.4 Å². The summed E-state index contributed by atoms with van der Waals surface area (Å²) < 4.78 is 5.80. The van der Waals surface area contributed by atoms with Gasteiger partial charge in [0.1, 0.15) is 6.10 Å². The summed E-state index contributed by atoms with van der Waals surface area (Å²) >= 11 is 0. The zero-order valence-corrected chi connectivity index (χ0v) is 12.2. The minimum absolute atomic E-state index is 0.263. The molecule has 0 bridgehead atoms. The highest BCUT2D eigenvalue weighted by molar-refractivity contribution is 5.06. The molecule has 0 aliphatic carbocycles. The fourth-order valence-electron chi connectivity index (χ4n) is 1.93. The SMILES string of the molecule is CC.Cc1cnc(OC2CCN(C(C)C)C2)cn1. The molecule has 4 heteroatoms. The Balaban J connectivity index is 0.000000771. The van der Waals surface area contributed by atoms with Crippen LogP contribution in [-0.4, -0.2) is 40.1 Å². The van der Waals surface area contributed by atoms with Gasteiger partial charge in [0.15, 0.2) is 0 Å². The molecule has 1 atom stereocenters. The molecule has 2 heterocycles. The molecule has 0 spiro atoms. The molecule has 0 aromatic carbocycles. The van der Waals surface area contributed by atoms with E-state index in [1.807, 2.05) is 20.8 Å². The molecule has 0 radical (unpaired) electrons. The lowest BCUT2D eigenvalue weighted by atomic mass is 10.3. The Morgan fingerprint density at radius 2 is 2.00 bits per heavy atom. The first-order chi connectivity index (χ1) is 8.65. The minimum atomic E-state index is 0.263. The minimum Gasteiger partial charge on any atom is -0.472 e. The van der Waals surface area contributed by atoms with Gasteiger partial charge in [0.2, 0.25) is 5.88 Å². The van der Waals surface area contributed by atoms with Gasteiger partial charge < -0.3 is 4.74 Å². The quantitative estimate of drug-likeness (QED) is 0.828. The summed E-state index contributed by atoms with van der Waals surface area (Å²) in [5.74, 6) is 0.640. The first-order valence-corrected chi connectivity index (χ1v) is 6.84. The third-order valence-corrected chi connectivity index (χ3v) is 2.95. The molecule has 2 rings (SSSR count). The fraction of sp³-hybridized carbons (Fsp3) is 0.714. The van der Waals surface area contributed by atoms with Crippen LogP contribution in [0.5, 0.6) is 5.88 Å². The van der Waals surface area contributed by atoms with Crippen molar-refractivity contribution in [3.63, 3.8) is 0 Å². The van der Waals surface area contributed by atoms with Gasteiger partial charge in [-0.25, -0.2) is 4.98 Å². The van der Waals surface area contributed by atoms with Gasteiger partial charge in [-0.15, -0.1) is 0 Å². The Morgan fingerprint density at radius 1 is 1.28 bits per heavy atom. The van der Waals surface area contributed by atoms with Crippen LogP contribution in [-0.2, 0) is 0 Å². The van der Waals surface area contributed by atoms with E-state index in [-0.39, 0.29) is 6.10 Å². The van der Waals surface area contributed by atoms with Gasteiger partial charge in [-0.3, -0.25) is 9.88 Å². The smallest absolute Gasteiger partial charge is 0.232 e. The van der Waals surface area contributed by atoms with Crippen molar-refractivity contribution in [3.05, 3.63) is 18.1 Å². The third-order valence-electron chi connectivity index (χ3n) is 2.95. The molecule has 4 nitrogen and oxygen atoms in total. The third kappa shape index (κ3) is 4.26. The lowest BCUT2D eigenvalue weighted by molar-refractivity contribution is 0.180. The van der Waals surface area contributed by atoms with Gasteiger partial charge in [-0.05, 0) is 27.2 Å². The average molecular weight is 251 g/mol. The summed E-state index contributed by atoms with van der Waals surface area (Å²) in [5.41, 5.74) is 0.919. The van der Waals surface area contributed by atoms with Gasteiger partial charge in [0.25, 0.3) is 0 Å². The number of aryl methyl sites for hydroxylation is 1. The van der Waals surface area contributed by atoms with Crippen molar-refractivity contribution in [3.8, 4) is 5.88 Å². The van der Waals surface area contributed by atoms with Crippen LogP contribution >= 0.6 is 0 Å². The van der Waals surface area contributed by atoms with Gasteiger partial charge in [-0.2, -0.15) is 0 Å². The molecule has 1 aromatic rings. The van der Waals surface area contributed by atoms with E-state index in [0.29, 0.717) is 11.9 Å². The number of hydrogen-bond donors (Lipinski definition) is 0. The number of rotatable bonds is 3. The summed E-state index contributed by atoms with van der Waals surface area (Å²) in [7, 11) is 0. The maximum atomic E-state index is 5.80. The van der Waals surface area contributed by atoms with Gasteiger partial charge in [-0.1, -0.05) is 13.8 Å². The molecule has 1 aliphatic rings. The topological polar surface area (TPSA) is 38.2 Å². The van der Waals surface area contributed by atoms with Crippen molar-refractivity contribution in [1.29, 1.82) is 0 Å². The van der Waals surface area contributed by atoms with Crippen molar-refractivity contribution >= 4 is 0 Å². The zero-order chi connectivity index (χ0) is 13.5. The van der Waals surface area contributed by atoms with E-state index in [2.05, 4.69) is 28.7 Å². The largest absolute Gasteiger partial charge is 0.472 e. The van der Waals surface area contributed by atoms with Gasteiger partial charge in [0, 0.05) is 19.1 Å². The number of hydrogen-bond acceptors (Lipinski definition) is 4. The molecule has 18 heavy (non-hydrogen) atoms. The second-order valence-corrected chi connectivity index (χ2v) is 4.61. The van der Waals surface area contributed by atoms with Crippen molar-refractivity contribution in [2.45, 2.75) is 53.2 Å². The molecule has 102 valence electrons. The van der Waals surface area contributed by atoms with Crippen molar-refractivity contribution in [2.24, 2.45) is 0 Å². The Bertz CT molecular complexity index is 337. The summed E-state index contributed by atoms with van der Waals surface area (Å²) in [4.78, 5) is 10.8. The van der Waals surface area contributed by atoms with E-state index < -0.39 is 0 Å². The monoisotopic (exact) mass is 251 g/mol. The molecular weight excluding hydrogens is 226 g/mol. The van der Waals surface area contributed by atoms with Gasteiger partial charge in [0.05, 0.1) is 18.1 Å². The highest BCUT2D eigenvalue weighted by Crippen LogP contribution is 2.17. The molecule has 1 unspecified atom stereocenters. The predicted molar refractivity (Wildman–Crippen MR) is 73.9 cm³/mol. The number of nitrogens with zero attached hydrogens (tertiary/aromatic N) is 3. The standard InChI is InChI=1S/C12H19N3O.C2H6/c1-9(2)15-5-4-11(8-15)16-12-7-13-10(3)6-14-12;1-2/h6-7,9,11H,4-5,8H2,1-3H3;1-2H3.